The van der Waals surface area contributed by atoms with Crippen molar-refractivity contribution in [3.8, 4) is 11.8 Å². The fraction of sp³-hybridized carbons (Fsp3) is 0.417. The minimum Gasteiger partial charge on any atom is -0.497 e. The molecule has 0 aliphatic rings. The summed E-state index contributed by atoms with van der Waals surface area (Å²) in [6.45, 7) is 2.60. The largest absolute Gasteiger partial charge is 0.497 e. The fourth-order valence-electron chi connectivity index (χ4n) is 1.30. The average molecular weight is 283 g/mol. The first kappa shape index (κ1) is 13.0. The Labute approximate surface area is 105 Å². The molecule has 0 radical (unpaired) electrons. The van der Waals surface area contributed by atoms with Crippen LogP contribution in [0.3, 0.4) is 0 Å². The van der Waals surface area contributed by atoms with Crippen LogP contribution in [0.1, 0.15) is 12.5 Å². The zero-order chi connectivity index (χ0) is 12.1. The van der Waals surface area contributed by atoms with Gasteiger partial charge in [0.05, 0.1) is 19.2 Å². The van der Waals surface area contributed by atoms with Crippen LogP contribution >= 0.6 is 15.9 Å². The molecule has 1 atom stereocenters. The minimum atomic E-state index is -0.0990. The number of hydrogen-bond donors (Lipinski definition) is 0. The Kier molecular flexibility index (Phi) is 4.78. The van der Waals surface area contributed by atoms with Gasteiger partial charge in [-0.05, 0) is 37.7 Å². The van der Waals surface area contributed by atoms with Crippen molar-refractivity contribution >= 4 is 15.9 Å². The van der Waals surface area contributed by atoms with Crippen LogP contribution in [0.5, 0.6) is 5.75 Å². The second-order valence-corrected chi connectivity index (χ2v) is 4.53. The van der Waals surface area contributed by atoms with E-state index in [0.29, 0.717) is 6.54 Å². The van der Waals surface area contributed by atoms with Gasteiger partial charge in [0.15, 0.2) is 0 Å². The fourth-order valence-corrected chi connectivity index (χ4v) is 1.68. The summed E-state index contributed by atoms with van der Waals surface area (Å²) in [5, 5.41) is 8.83. The Morgan fingerprint density at radius 3 is 2.81 bits per heavy atom. The van der Waals surface area contributed by atoms with Crippen LogP contribution in [-0.4, -0.2) is 25.1 Å². The maximum absolute atomic E-state index is 8.83. The molecular weight excluding hydrogens is 268 g/mol. The number of nitriles is 1. The number of ether oxygens (including phenoxy) is 1. The highest BCUT2D eigenvalue weighted by Gasteiger charge is 2.10. The molecule has 0 heterocycles. The van der Waals surface area contributed by atoms with Gasteiger partial charge in [0.2, 0.25) is 0 Å². The van der Waals surface area contributed by atoms with E-state index in [0.717, 1.165) is 15.8 Å². The molecule has 0 saturated carbocycles. The number of nitrogens with zero attached hydrogens (tertiary/aromatic N) is 2. The molecule has 1 aromatic carbocycles. The van der Waals surface area contributed by atoms with Crippen molar-refractivity contribution in [2.24, 2.45) is 0 Å². The van der Waals surface area contributed by atoms with Crippen molar-refractivity contribution in [3.05, 3.63) is 28.2 Å². The summed E-state index contributed by atoms with van der Waals surface area (Å²) in [5.41, 5.74) is 1.11. The van der Waals surface area contributed by atoms with Crippen LogP contribution in [0.2, 0.25) is 0 Å². The first-order valence-corrected chi connectivity index (χ1v) is 5.80. The summed E-state index contributed by atoms with van der Waals surface area (Å²) >= 11 is 3.49. The number of halogens is 1. The second-order valence-electron chi connectivity index (χ2n) is 3.68. The van der Waals surface area contributed by atoms with E-state index in [1.807, 2.05) is 37.1 Å². The summed E-state index contributed by atoms with van der Waals surface area (Å²) in [4.78, 5) is 1.99. The molecule has 86 valence electrons. The van der Waals surface area contributed by atoms with Crippen LogP contribution in [0, 0.1) is 11.3 Å². The summed E-state index contributed by atoms with van der Waals surface area (Å²) in [5.74, 6) is 0.830. The predicted octanol–water partition coefficient (Wildman–Crippen LogP) is 2.80. The number of methoxy groups -OCH3 is 1. The summed E-state index contributed by atoms with van der Waals surface area (Å²) < 4.78 is 6.21. The van der Waals surface area contributed by atoms with Crippen molar-refractivity contribution in [3.63, 3.8) is 0 Å². The maximum atomic E-state index is 8.83. The quantitative estimate of drug-likeness (QED) is 0.852. The first-order valence-electron chi connectivity index (χ1n) is 5.00. The molecule has 0 fully saturated rings. The summed E-state index contributed by atoms with van der Waals surface area (Å²) in [7, 11) is 3.58. The van der Waals surface area contributed by atoms with E-state index in [2.05, 4.69) is 22.0 Å². The zero-order valence-corrected chi connectivity index (χ0v) is 11.3. The lowest BCUT2D eigenvalue weighted by Gasteiger charge is -2.20. The molecular formula is C12H15BrN2O. The molecule has 0 aromatic heterocycles. The Bertz CT molecular complexity index is 400. The van der Waals surface area contributed by atoms with Crippen molar-refractivity contribution in [2.75, 3.05) is 14.2 Å². The standard InChI is InChI=1S/C12H15BrN2O/c1-9(7-14)15(2)8-10-6-11(16-3)4-5-12(10)13/h4-6,9H,8H2,1-3H3. The Hall–Kier alpha value is -1.05. The lowest BCUT2D eigenvalue weighted by molar-refractivity contribution is 0.293. The Balaban J connectivity index is 2.84. The van der Waals surface area contributed by atoms with Gasteiger partial charge in [-0.1, -0.05) is 15.9 Å². The molecule has 0 N–H and O–H groups in total. The lowest BCUT2D eigenvalue weighted by atomic mass is 10.2. The second kappa shape index (κ2) is 5.88. The van der Waals surface area contributed by atoms with E-state index in [1.165, 1.54) is 0 Å². The third-order valence-electron chi connectivity index (χ3n) is 2.52. The van der Waals surface area contributed by atoms with Gasteiger partial charge in [-0.3, -0.25) is 4.90 Å². The first-order chi connectivity index (χ1) is 7.58. The van der Waals surface area contributed by atoms with E-state index in [-0.39, 0.29) is 6.04 Å². The third-order valence-corrected chi connectivity index (χ3v) is 3.29. The van der Waals surface area contributed by atoms with Gasteiger partial charge >= 0.3 is 0 Å². The Morgan fingerprint density at radius 2 is 2.25 bits per heavy atom. The Morgan fingerprint density at radius 1 is 1.56 bits per heavy atom. The van der Waals surface area contributed by atoms with Crippen molar-refractivity contribution in [2.45, 2.75) is 19.5 Å². The van der Waals surface area contributed by atoms with E-state index in [1.54, 1.807) is 7.11 Å². The van der Waals surface area contributed by atoms with E-state index >= 15 is 0 Å². The summed E-state index contributed by atoms with van der Waals surface area (Å²) in [6.07, 6.45) is 0. The van der Waals surface area contributed by atoms with Crippen LogP contribution in [0.15, 0.2) is 22.7 Å². The molecule has 1 unspecified atom stereocenters. The van der Waals surface area contributed by atoms with Gasteiger partial charge in [-0.15, -0.1) is 0 Å². The molecule has 3 nitrogen and oxygen atoms in total. The van der Waals surface area contributed by atoms with Crippen molar-refractivity contribution in [1.29, 1.82) is 5.26 Å². The predicted molar refractivity (Wildman–Crippen MR) is 67.2 cm³/mol. The van der Waals surface area contributed by atoms with Gasteiger partial charge in [-0.2, -0.15) is 5.26 Å². The highest BCUT2D eigenvalue weighted by atomic mass is 79.9. The molecule has 0 amide bonds. The average Bonchev–Trinajstić information content (AvgIpc) is 2.30. The zero-order valence-electron chi connectivity index (χ0n) is 9.70. The monoisotopic (exact) mass is 282 g/mol. The van der Waals surface area contributed by atoms with Gasteiger partial charge in [0.25, 0.3) is 0 Å². The molecule has 4 heteroatoms. The molecule has 0 spiro atoms. The van der Waals surface area contributed by atoms with Gasteiger partial charge < -0.3 is 4.74 Å². The van der Waals surface area contributed by atoms with Gasteiger partial charge in [0.1, 0.15) is 5.75 Å². The van der Waals surface area contributed by atoms with Crippen LogP contribution in [0.25, 0.3) is 0 Å². The number of benzene rings is 1. The van der Waals surface area contributed by atoms with Crippen LogP contribution in [-0.2, 0) is 6.54 Å². The summed E-state index contributed by atoms with van der Waals surface area (Å²) in [6, 6.07) is 7.95. The molecule has 16 heavy (non-hydrogen) atoms. The van der Waals surface area contributed by atoms with Crippen LogP contribution in [0.4, 0.5) is 0 Å². The van der Waals surface area contributed by atoms with Gasteiger partial charge in [0, 0.05) is 11.0 Å². The smallest absolute Gasteiger partial charge is 0.119 e. The number of hydrogen-bond acceptors (Lipinski definition) is 3. The molecule has 1 aromatic rings. The SMILES string of the molecule is COc1ccc(Br)c(CN(C)C(C)C#N)c1. The van der Waals surface area contributed by atoms with Crippen molar-refractivity contribution < 1.29 is 4.74 Å². The normalized spacial score (nSPS) is 12.2. The third kappa shape index (κ3) is 3.22. The minimum absolute atomic E-state index is 0.0990. The van der Waals surface area contributed by atoms with E-state index in [9.17, 15) is 0 Å². The molecule has 0 bridgehead atoms. The highest BCUT2D eigenvalue weighted by molar-refractivity contribution is 9.10. The van der Waals surface area contributed by atoms with Crippen LogP contribution < -0.4 is 4.74 Å². The molecule has 0 aliphatic carbocycles. The highest BCUT2D eigenvalue weighted by Crippen LogP contribution is 2.23. The molecule has 0 aliphatic heterocycles. The van der Waals surface area contributed by atoms with Crippen molar-refractivity contribution in [1.82, 2.24) is 4.90 Å². The molecule has 0 saturated heterocycles. The molecule has 1 rings (SSSR count). The topological polar surface area (TPSA) is 36.3 Å². The van der Waals surface area contributed by atoms with E-state index < -0.39 is 0 Å². The van der Waals surface area contributed by atoms with Gasteiger partial charge in [-0.25, -0.2) is 0 Å². The lowest BCUT2D eigenvalue weighted by Crippen LogP contribution is -2.27. The maximum Gasteiger partial charge on any atom is 0.119 e. The van der Waals surface area contributed by atoms with E-state index in [4.69, 9.17) is 10.00 Å². The number of rotatable bonds is 4.